The van der Waals surface area contributed by atoms with Gasteiger partial charge in [-0.15, -0.1) is 0 Å². The van der Waals surface area contributed by atoms with E-state index in [0.717, 1.165) is 11.3 Å². The van der Waals surface area contributed by atoms with Gasteiger partial charge in [-0.3, -0.25) is 9.69 Å². The first-order valence-electron chi connectivity index (χ1n) is 8.78. The normalized spacial score (nSPS) is 25.5. The highest BCUT2D eigenvalue weighted by atomic mass is 35.5. The third-order valence-corrected chi connectivity index (χ3v) is 6.04. The number of hydrogen-bond acceptors (Lipinski definition) is 3. The molecule has 2 bridgehead atoms. The minimum atomic E-state index is -1.02. The smallest absolute Gasteiger partial charge is 0.233 e. The Kier molecular flexibility index (Phi) is 4.68. The molecule has 0 radical (unpaired) electrons. The van der Waals surface area contributed by atoms with E-state index in [2.05, 4.69) is 5.32 Å². The van der Waals surface area contributed by atoms with Crippen LogP contribution in [0.1, 0.15) is 18.5 Å². The Labute approximate surface area is 179 Å². The fourth-order valence-corrected chi connectivity index (χ4v) is 4.71. The molecule has 0 spiro atoms. The van der Waals surface area contributed by atoms with Gasteiger partial charge in [0.15, 0.2) is 10.8 Å². The molecule has 2 aromatic rings. The fourth-order valence-electron chi connectivity index (χ4n) is 3.99. The topological polar surface area (TPSA) is 44.8 Å². The third-order valence-electron chi connectivity index (χ3n) is 5.25. The predicted molar refractivity (Wildman–Crippen MR) is 115 cm³/mol. The first-order valence-corrected chi connectivity index (χ1v) is 9.94. The zero-order valence-corrected chi connectivity index (χ0v) is 17.9. The molecule has 8 heteroatoms. The van der Waals surface area contributed by atoms with Crippen LogP contribution in [0.25, 0.3) is 0 Å². The summed E-state index contributed by atoms with van der Waals surface area (Å²) >= 11 is 18.0. The van der Waals surface area contributed by atoms with E-state index < -0.39 is 11.6 Å². The summed E-state index contributed by atoms with van der Waals surface area (Å²) in [7, 11) is 3.47. The summed E-state index contributed by atoms with van der Waals surface area (Å²) in [6, 6.07) is 12.4. The number of benzene rings is 2. The van der Waals surface area contributed by atoms with Crippen LogP contribution in [-0.2, 0) is 4.79 Å². The number of thiocarbonyl (C=S) groups is 1. The predicted octanol–water partition coefficient (Wildman–Crippen LogP) is 4.24. The molecule has 2 aliphatic heterocycles. The van der Waals surface area contributed by atoms with Gasteiger partial charge in [0.25, 0.3) is 0 Å². The number of halogens is 2. The Bertz CT molecular complexity index is 966. The second-order valence-corrected chi connectivity index (χ2v) is 8.55. The van der Waals surface area contributed by atoms with Gasteiger partial charge in [-0.2, -0.15) is 0 Å². The summed E-state index contributed by atoms with van der Waals surface area (Å²) in [5, 5.41) is 5.02. The van der Waals surface area contributed by atoms with Crippen molar-refractivity contribution in [1.82, 2.24) is 10.2 Å². The first kappa shape index (κ1) is 19.3. The van der Waals surface area contributed by atoms with Crippen LogP contribution in [0.2, 0.25) is 10.0 Å². The molecular weight excluding hydrogens is 417 g/mol. The van der Waals surface area contributed by atoms with Crippen molar-refractivity contribution in [3.8, 4) is 5.75 Å². The third kappa shape index (κ3) is 2.91. The summed E-state index contributed by atoms with van der Waals surface area (Å²) in [5.41, 5.74) is 0.586. The average molecular weight is 436 g/mol. The summed E-state index contributed by atoms with van der Waals surface area (Å²) in [5.74, 6) is 0.0663. The van der Waals surface area contributed by atoms with Crippen LogP contribution in [0.5, 0.6) is 5.75 Å². The summed E-state index contributed by atoms with van der Waals surface area (Å²) in [6.45, 7) is 1.89. The second kappa shape index (κ2) is 6.79. The minimum absolute atomic E-state index is 0.0629. The van der Waals surface area contributed by atoms with Gasteiger partial charge in [0.1, 0.15) is 11.7 Å². The van der Waals surface area contributed by atoms with Gasteiger partial charge in [0, 0.05) is 35.4 Å². The van der Waals surface area contributed by atoms with Crippen LogP contribution in [0.4, 0.5) is 5.69 Å². The molecule has 1 N–H and O–H groups in total. The number of hydrogen-bond donors (Lipinski definition) is 1. The van der Waals surface area contributed by atoms with E-state index in [0.29, 0.717) is 20.9 Å². The highest BCUT2D eigenvalue weighted by Crippen LogP contribution is 2.50. The molecule has 1 saturated heterocycles. The zero-order chi connectivity index (χ0) is 20.2. The summed E-state index contributed by atoms with van der Waals surface area (Å²) < 4.78 is 6.46. The average Bonchev–Trinajstić information content (AvgIpc) is 2.63. The molecule has 2 aromatic carbocycles. The lowest BCUT2D eigenvalue weighted by Crippen LogP contribution is -2.72. The van der Waals surface area contributed by atoms with Crippen LogP contribution < -0.4 is 15.0 Å². The SMILES string of the molecule is CN(C)C(=O)[C@H]1[C@H]2NC(=S)N(c3ccc(Cl)cc3)[C@@]1(C)Oc1ccc(Cl)cc12. The minimum Gasteiger partial charge on any atom is -0.467 e. The van der Waals surface area contributed by atoms with E-state index in [-0.39, 0.29) is 11.9 Å². The zero-order valence-electron chi connectivity index (χ0n) is 15.6. The number of carbonyl (C=O) groups is 1. The Balaban J connectivity index is 1.91. The molecule has 0 aliphatic carbocycles. The van der Waals surface area contributed by atoms with E-state index in [1.165, 1.54) is 0 Å². The molecule has 0 unspecified atom stereocenters. The van der Waals surface area contributed by atoms with Gasteiger partial charge < -0.3 is 15.0 Å². The van der Waals surface area contributed by atoms with E-state index in [4.69, 9.17) is 40.2 Å². The van der Waals surface area contributed by atoms with Crippen molar-refractivity contribution >= 4 is 52.1 Å². The van der Waals surface area contributed by atoms with Crippen molar-refractivity contribution in [2.24, 2.45) is 5.92 Å². The number of fused-ring (bicyclic) bond motifs is 4. The summed E-state index contributed by atoms with van der Waals surface area (Å²) in [6.07, 6.45) is 0. The molecule has 2 aliphatic rings. The quantitative estimate of drug-likeness (QED) is 0.714. The highest BCUT2D eigenvalue weighted by Gasteiger charge is 2.59. The molecule has 4 rings (SSSR count). The molecule has 0 aromatic heterocycles. The van der Waals surface area contributed by atoms with Crippen molar-refractivity contribution in [3.63, 3.8) is 0 Å². The summed E-state index contributed by atoms with van der Waals surface area (Å²) in [4.78, 5) is 16.7. The van der Waals surface area contributed by atoms with E-state index in [9.17, 15) is 4.79 Å². The maximum Gasteiger partial charge on any atom is 0.233 e. The van der Waals surface area contributed by atoms with Crippen molar-refractivity contribution in [2.45, 2.75) is 18.7 Å². The molecule has 28 heavy (non-hydrogen) atoms. The van der Waals surface area contributed by atoms with E-state index >= 15 is 0 Å². The van der Waals surface area contributed by atoms with Gasteiger partial charge in [0.05, 0.1) is 6.04 Å². The van der Waals surface area contributed by atoms with Crippen molar-refractivity contribution in [1.29, 1.82) is 0 Å². The number of anilines is 1. The van der Waals surface area contributed by atoms with E-state index in [1.807, 2.05) is 36.1 Å². The largest absolute Gasteiger partial charge is 0.467 e. The molecule has 3 atom stereocenters. The Morgan fingerprint density at radius 3 is 2.46 bits per heavy atom. The van der Waals surface area contributed by atoms with Gasteiger partial charge in [-0.1, -0.05) is 23.2 Å². The lowest BCUT2D eigenvalue weighted by Gasteiger charge is -2.56. The maximum absolute atomic E-state index is 13.2. The van der Waals surface area contributed by atoms with Gasteiger partial charge in [0.2, 0.25) is 5.91 Å². The second-order valence-electron chi connectivity index (χ2n) is 7.29. The molecule has 2 heterocycles. The van der Waals surface area contributed by atoms with Gasteiger partial charge >= 0.3 is 0 Å². The Morgan fingerprint density at radius 1 is 1.18 bits per heavy atom. The van der Waals surface area contributed by atoms with Crippen LogP contribution >= 0.6 is 35.4 Å². The number of carbonyl (C=O) groups excluding carboxylic acids is 1. The van der Waals surface area contributed by atoms with Crippen molar-refractivity contribution in [3.05, 3.63) is 58.1 Å². The number of nitrogens with one attached hydrogen (secondary N) is 1. The van der Waals surface area contributed by atoms with Crippen LogP contribution in [0.15, 0.2) is 42.5 Å². The molecule has 0 saturated carbocycles. The maximum atomic E-state index is 13.2. The van der Waals surface area contributed by atoms with Crippen LogP contribution in [-0.4, -0.2) is 35.7 Å². The molecule has 1 fully saturated rings. The molecule has 1 amide bonds. The monoisotopic (exact) mass is 435 g/mol. The molecular formula is C20H19Cl2N3O2S. The lowest BCUT2D eigenvalue weighted by molar-refractivity contribution is -0.144. The number of ether oxygens (including phenoxy) is 1. The Hall–Kier alpha value is -2.02. The van der Waals surface area contributed by atoms with Crippen LogP contribution in [0.3, 0.4) is 0 Å². The molecule has 146 valence electrons. The number of rotatable bonds is 2. The number of nitrogens with zero attached hydrogens (tertiary/aromatic N) is 2. The van der Waals surface area contributed by atoms with Gasteiger partial charge in [-0.25, -0.2) is 0 Å². The molecule has 5 nitrogen and oxygen atoms in total. The van der Waals surface area contributed by atoms with Crippen LogP contribution in [0, 0.1) is 5.92 Å². The number of amides is 1. The van der Waals surface area contributed by atoms with Crippen molar-refractivity contribution < 1.29 is 9.53 Å². The van der Waals surface area contributed by atoms with E-state index in [1.54, 1.807) is 37.2 Å². The van der Waals surface area contributed by atoms with Gasteiger partial charge in [-0.05, 0) is 61.6 Å². The first-order chi connectivity index (χ1) is 13.2. The fraction of sp³-hybridized carbons (Fsp3) is 0.300. The highest BCUT2D eigenvalue weighted by molar-refractivity contribution is 7.80. The standard InChI is InChI=1S/C20H19Cl2N3O2S/c1-20-16(18(26)24(2)3)17(14-10-12(22)6-9-15(14)27-20)23-19(28)25(20)13-7-4-11(21)5-8-13/h4-10,16-17H,1-3H3,(H,23,28)/t16-,17+,20+/m1/s1. The van der Waals surface area contributed by atoms with Crippen molar-refractivity contribution in [2.75, 3.05) is 19.0 Å². The lowest BCUT2D eigenvalue weighted by atomic mass is 9.78. The Morgan fingerprint density at radius 2 is 1.82 bits per heavy atom.